The number of fused-ring (bicyclic) bond motifs is 7. The molecule has 2 heteroatoms. The number of rotatable bonds is 5. The Bertz CT molecular complexity index is 3180. The molecule has 2 aliphatic rings. The van der Waals surface area contributed by atoms with Crippen molar-refractivity contribution < 1.29 is 0 Å². The van der Waals surface area contributed by atoms with E-state index in [-0.39, 0.29) is 23.8 Å². The molecule has 0 amide bonds. The topological polar surface area (TPSA) is 24.4 Å². The van der Waals surface area contributed by atoms with E-state index in [2.05, 4.69) is 219 Å². The van der Waals surface area contributed by atoms with Crippen molar-refractivity contribution in [3.05, 3.63) is 234 Å². The summed E-state index contributed by atoms with van der Waals surface area (Å²) < 4.78 is 0. The van der Waals surface area contributed by atoms with Crippen LogP contribution in [0.15, 0.2) is 217 Å². The van der Waals surface area contributed by atoms with Crippen LogP contribution in [0.2, 0.25) is 0 Å². The average molecular weight is 743 g/mol. The normalized spacial score (nSPS) is 19.5. The highest BCUT2D eigenvalue weighted by atomic mass is 15.0. The van der Waals surface area contributed by atoms with E-state index < -0.39 is 0 Å². The van der Waals surface area contributed by atoms with Crippen molar-refractivity contribution in [1.82, 2.24) is 5.32 Å². The number of amidine groups is 1. The summed E-state index contributed by atoms with van der Waals surface area (Å²) in [5, 5.41) is 16.7. The van der Waals surface area contributed by atoms with Crippen LogP contribution in [0.1, 0.15) is 41.1 Å². The molecule has 0 aromatic heterocycles. The van der Waals surface area contributed by atoms with Gasteiger partial charge in [-0.3, -0.25) is 4.99 Å². The van der Waals surface area contributed by atoms with Crippen LogP contribution in [0, 0.1) is 11.8 Å². The van der Waals surface area contributed by atoms with Crippen molar-refractivity contribution >= 4 is 65.3 Å². The molecule has 0 radical (unpaired) electrons. The molecule has 276 valence electrons. The maximum Gasteiger partial charge on any atom is 0.133 e. The van der Waals surface area contributed by atoms with Gasteiger partial charge in [-0.05, 0) is 88.1 Å². The molecule has 1 aliphatic heterocycles. The van der Waals surface area contributed by atoms with Gasteiger partial charge in [-0.1, -0.05) is 207 Å². The third-order valence-electron chi connectivity index (χ3n) is 12.7. The first-order chi connectivity index (χ1) is 28.7. The van der Waals surface area contributed by atoms with Crippen molar-refractivity contribution in [3.8, 4) is 0 Å². The molecule has 9 aromatic carbocycles. The Balaban J connectivity index is 1.11. The van der Waals surface area contributed by atoms with Crippen molar-refractivity contribution in [2.75, 3.05) is 0 Å². The van der Waals surface area contributed by atoms with E-state index in [0.29, 0.717) is 0 Å². The zero-order chi connectivity index (χ0) is 38.6. The minimum atomic E-state index is -0.150. The third-order valence-corrected chi connectivity index (χ3v) is 12.7. The van der Waals surface area contributed by atoms with Gasteiger partial charge in [0.2, 0.25) is 0 Å². The van der Waals surface area contributed by atoms with Crippen LogP contribution in [-0.2, 0) is 0 Å². The van der Waals surface area contributed by atoms with E-state index >= 15 is 0 Å². The zero-order valence-electron chi connectivity index (χ0n) is 32.4. The summed E-state index contributed by atoms with van der Waals surface area (Å²) in [6.45, 7) is 2.44. The first-order valence-electron chi connectivity index (χ1n) is 20.5. The van der Waals surface area contributed by atoms with E-state index in [1.165, 1.54) is 81.8 Å². The second-order valence-corrected chi connectivity index (χ2v) is 15.9. The smallest absolute Gasteiger partial charge is 0.133 e. The van der Waals surface area contributed by atoms with Crippen molar-refractivity contribution in [2.45, 2.75) is 18.9 Å². The van der Waals surface area contributed by atoms with E-state index in [1.54, 1.807) is 0 Å². The minimum absolute atomic E-state index is 0.0666. The molecular formula is C56H42N2. The Kier molecular flexibility index (Phi) is 8.36. The second kappa shape index (κ2) is 14.2. The predicted octanol–water partition coefficient (Wildman–Crippen LogP) is 14.1. The maximum absolute atomic E-state index is 5.43. The van der Waals surface area contributed by atoms with Crippen LogP contribution in [0.5, 0.6) is 0 Å². The lowest BCUT2D eigenvalue weighted by molar-refractivity contribution is 0.428. The van der Waals surface area contributed by atoms with Gasteiger partial charge in [-0.25, -0.2) is 0 Å². The number of nitrogens with one attached hydrogen (secondary N) is 1. The standard InChI is InChI=1S/C56H42N2/c1-36-42(54-35-55(58-56(57-54)40-17-3-2-4-18-40)52-27-11-19-37-14-5-10-22-45(37)52)31-30-41(46-23-12-24-47-43-20-8-6-15-38(43)28-32-50(46)47)34-53(36)49-26-13-25-48-44-21-9-7-16-39(44)29-33-51(48)49/h2-36,42,53,55H,1H3,(H,57,58). The van der Waals surface area contributed by atoms with E-state index in [1.807, 2.05) is 0 Å². The number of aliphatic imine (C=N–C) groups is 1. The summed E-state index contributed by atoms with van der Waals surface area (Å²) in [4.78, 5) is 5.43. The van der Waals surface area contributed by atoms with Crippen LogP contribution in [0.3, 0.4) is 0 Å². The molecule has 0 saturated heterocycles. The number of hydrogen-bond donors (Lipinski definition) is 1. The average Bonchev–Trinajstić information content (AvgIpc) is 3.46. The third kappa shape index (κ3) is 5.83. The number of benzene rings is 9. The Morgan fingerprint density at radius 1 is 0.431 bits per heavy atom. The van der Waals surface area contributed by atoms with Crippen molar-refractivity contribution in [2.24, 2.45) is 16.8 Å². The van der Waals surface area contributed by atoms with E-state index in [4.69, 9.17) is 4.99 Å². The Labute approximate surface area is 339 Å². The minimum Gasteiger partial charge on any atom is -0.343 e. The molecule has 4 atom stereocenters. The fraction of sp³-hybridized carbons (Fsp3) is 0.0893. The maximum atomic E-state index is 5.43. The molecule has 2 nitrogen and oxygen atoms in total. The molecule has 0 bridgehead atoms. The van der Waals surface area contributed by atoms with Crippen LogP contribution < -0.4 is 5.32 Å². The molecule has 1 heterocycles. The van der Waals surface area contributed by atoms with Gasteiger partial charge in [0.25, 0.3) is 0 Å². The van der Waals surface area contributed by atoms with Crippen molar-refractivity contribution in [1.29, 1.82) is 0 Å². The zero-order valence-corrected chi connectivity index (χ0v) is 32.4. The van der Waals surface area contributed by atoms with Gasteiger partial charge in [-0.2, -0.15) is 0 Å². The second-order valence-electron chi connectivity index (χ2n) is 15.9. The lowest BCUT2D eigenvalue weighted by atomic mass is 9.76. The molecule has 0 saturated carbocycles. The van der Waals surface area contributed by atoms with Crippen LogP contribution in [0.25, 0.3) is 59.4 Å². The fourth-order valence-electron chi connectivity index (χ4n) is 9.76. The Hall–Kier alpha value is -7.03. The van der Waals surface area contributed by atoms with Crippen LogP contribution >= 0.6 is 0 Å². The van der Waals surface area contributed by atoms with Gasteiger partial charge in [-0.15, -0.1) is 0 Å². The highest BCUT2D eigenvalue weighted by Gasteiger charge is 2.33. The first kappa shape index (κ1) is 34.2. The van der Waals surface area contributed by atoms with Gasteiger partial charge >= 0.3 is 0 Å². The van der Waals surface area contributed by atoms with Gasteiger partial charge in [0.15, 0.2) is 0 Å². The van der Waals surface area contributed by atoms with E-state index in [0.717, 1.165) is 11.4 Å². The van der Waals surface area contributed by atoms with Crippen LogP contribution in [0.4, 0.5) is 0 Å². The lowest BCUT2D eigenvalue weighted by Crippen LogP contribution is -2.34. The number of hydrogen-bond acceptors (Lipinski definition) is 2. The summed E-state index contributed by atoms with van der Waals surface area (Å²) in [6, 6.07) is 66.2. The highest BCUT2D eigenvalue weighted by molar-refractivity contribution is 6.12. The van der Waals surface area contributed by atoms with Gasteiger partial charge in [0, 0.05) is 23.1 Å². The predicted molar refractivity (Wildman–Crippen MR) is 246 cm³/mol. The first-order valence-corrected chi connectivity index (χ1v) is 20.5. The summed E-state index contributed by atoms with van der Waals surface area (Å²) in [5.74, 6) is 1.28. The summed E-state index contributed by atoms with van der Waals surface area (Å²) in [6.07, 6.45) is 9.81. The Morgan fingerprint density at radius 3 is 1.76 bits per heavy atom. The molecule has 9 aromatic rings. The van der Waals surface area contributed by atoms with Gasteiger partial charge < -0.3 is 5.32 Å². The number of nitrogens with zero attached hydrogens (tertiary/aromatic N) is 1. The molecular weight excluding hydrogens is 701 g/mol. The molecule has 0 spiro atoms. The largest absolute Gasteiger partial charge is 0.343 e. The van der Waals surface area contributed by atoms with Crippen molar-refractivity contribution in [3.63, 3.8) is 0 Å². The summed E-state index contributed by atoms with van der Waals surface area (Å²) in [5.41, 5.74) is 7.35. The molecule has 11 rings (SSSR count). The van der Waals surface area contributed by atoms with Crippen LogP contribution in [-0.4, -0.2) is 5.84 Å². The SMILES string of the molecule is CC1C(C2=CC(c3cccc4ccccc34)N=C(c3ccccc3)N2)C=CC(c2cccc3c2ccc2ccccc23)=CC1c1cccc2c1ccc1ccccc12. The summed E-state index contributed by atoms with van der Waals surface area (Å²) in [7, 11) is 0. The van der Waals surface area contributed by atoms with E-state index in [9.17, 15) is 0 Å². The lowest BCUT2D eigenvalue weighted by Gasteiger charge is -2.33. The molecule has 4 unspecified atom stereocenters. The summed E-state index contributed by atoms with van der Waals surface area (Å²) >= 11 is 0. The molecule has 1 N–H and O–H groups in total. The van der Waals surface area contributed by atoms with Gasteiger partial charge in [0.1, 0.15) is 5.84 Å². The molecule has 1 aliphatic carbocycles. The fourth-order valence-corrected chi connectivity index (χ4v) is 9.76. The molecule has 58 heavy (non-hydrogen) atoms. The van der Waals surface area contributed by atoms with Gasteiger partial charge in [0.05, 0.1) is 6.04 Å². The molecule has 0 fully saturated rings. The quantitative estimate of drug-likeness (QED) is 0.175. The Morgan fingerprint density at radius 2 is 1.00 bits per heavy atom. The number of allylic oxidation sites excluding steroid dienone is 4. The highest BCUT2D eigenvalue weighted by Crippen LogP contribution is 2.45. The monoisotopic (exact) mass is 742 g/mol.